The van der Waals surface area contributed by atoms with E-state index in [4.69, 9.17) is 5.11 Å². The molecule has 2 aromatic carbocycles. The van der Waals surface area contributed by atoms with E-state index in [1.165, 1.54) is 48.7 Å². The summed E-state index contributed by atoms with van der Waals surface area (Å²) in [6.45, 7) is -0.0372. The molecule has 22 heavy (non-hydrogen) atoms. The number of halogens is 1. The third kappa shape index (κ3) is 4.48. The molecule has 1 amide bonds. The van der Waals surface area contributed by atoms with Crippen molar-refractivity contribution >= 4 is 17.8 Å². The zero-order valence-electron chi connectivity index (χ0n) is 11.5. The lowest BCUT2D eigenvalue weighted by molar-refractivity contribution is -0.119. The predicted octanol–water partition coefficient (Wildman–Crippen LogP) is 1.80. The van der Waals surface area contributed by atoms with Crippen LogP contribution in [0, 0.1) is 5.82 Å². The normalized spacial score (nSPS) is 10.6. The molecule has 0 aliphatic rings. The summed E-state index contributed by atoms with van der Waals surface area (Å²) in [5.74, 6) is -0.975. The standard InChI is InChI=1S/C15H14FN3O3/c16-11-2-4-12(5-3-11)17-9-15(22)19-18-8-10-1-6-13(20)7-14(10)21/h1-8,17,20-21H,9H2,(H,19,22)/b18-8+. The maximum absolute atomic E-state index is 12.7. The van der Waals surface area contributed by atoms with E-state index in [2.05, 4.69) is 15.8 Å². The van der Waals surface area contributed by atoms with Gasteiger partial charge in [-0.15, -0.1) is 0 Å². The maximum Gasteiger partial charge on any atom is 0.259 e. The summed E-state index contributed by atoms with van der Waals surface area (Å²) in [7, 11) is 0. The first-order valence-electron chi connectivity index (χ1n) is 6.38. The van der Waals surface area contributed by atoms with Crippen molar-refractivity contribution in [2.24, 2.45) is 5.10 Å². The Morgan fingerprint density at radius 2 is 1.91 bits per heavy atom. The average molecular weight is 303 g/mol. The molecule has 114 valence electrons. The van der Waals surface area contributed by atoms with Crippen LogP contribution in [0.3, 0.4) is 0 Å². The Morgan fingerprint density at radius 3 is 2.59 bits per heavy atom. The highest BCUT2D eigenvalue weighted by molar-refractivity contribution is 5.86. The van der Waals surface area contributed by atoms with Crippen molar-refractivity contribution in [1.82, 2.24) is 5.43 Å². The molecule has 0 atom stereocenters. The van der Waals surface area contributed by atoms with Crippen LogP contribution < -0.4 is 10.7 Å². The van der Waals surface area contributed by atoms with E-state index in [1.54, 1.807) is 0 Å². The third-order valence-corrected chi connectivity index (χ3v) is 2.70. The number of phenolic OH excluding ortho intramolecular Hbond substituents is 2. The van der Waals surface area contributed by atoms with E-state index in [9.17, 15) is 14.3 Å². The van der Waals surface area contributed by atoms with Crippen LogP contribution >= 0.6 is 0 Å². The SMILES string of the molecule is O=C(CNc1ccc(F)cc1)N/N=C/c1ccc(O)cc1O. The molecular formula is C15H14FN3O3. The van der Waals surface area contributed by atoms with Gasteiger partial charge in [-0.2, -0.15) is 5.10 Å². The molecule has 0 fully saturated rings. The minimum atomic E-state index is -0.404. The molecular weight excluding hydrogens is 289 g/mol. The van der Waals surface area contributed by atoms with Crippen LogP contribution in [0.2, 0.25) is 0 Å². The Bertz CT molecular complexity index is 687. The summed E-state index contributed by atoms with van der Waals surface area (Å²) in [6.07, 6.45) is 1.25. The number of rotatable bonds is 5. The van der Waals surface area contributed by atoms with Crippen molar-refractivity contribution in [3.8, 4) is 11.5 Å². The van der Waals surface area contributed by atoms with Gasteiger partial charge in [0.1, 0.15) is 17.3 Å². The number of amides is 1. The number of nitrogens with one attached hydrogen (secondary N) is 2. The maximum atomic E-state index is 12.7. The third-order valence-electron chi connectivity index (χ3n) is 2.70. The van der Waals surface area contributed by atoms with E-state index >= 15 is 0 Å². The molecule has 0 radical (unpaired) electrons. The number of hydrogen-bond donors (Lipinski definition) is 4. The Kier molecular flexibility index (Phi) is 4.92. The van der Waals surface area contributed by atoms with Crippen molar-refractivity contribution in [2.75, 3.05) is 11.9 Å². The predicted molar refractivity (Wildman–Crippen MR) is 80.4 cm³/mol. The van der Waals surface area contributed by atoms with Crippen LogP contribution in [0.15, 0.2) is 47.6 Å². The number of carbonyl (C=O) groups is 1. The van der Waals surface area contributed by atoms with Gasteiger partial charge >= 0.3 is 0 Å². The summed E-state index contributed by atoms with van der Waals surface area (Å²) >= 11 is 0. The van der Waals surface area contributed by atoms with Crippen LogP contribution in [0.25, 0.3) is 0 Å². The second-order valence-corrected chi connectivity index (χ2v) is 4.40. The first-order valence-corrected chi connectivity index (χ1v) is 6.38. The van der Waals surface area contributed by atoms with Gasteiger partial charge in [-0.25, -0.2) is 9.82 Å². The highest BCUT2D eigenvalue weighted by atomic mass is 19.1. The fraction of sp³-hybridized carbons (Fsp3) is 0.0667. The van der Waals surface area contributed by atoms with Crippen molar-refractivity contribution in [1.29, 1.82) is 0 Å². The molecule has 0 bridgehead atoms. The van der Waals surface area contributed by atoms with Gasteiger partial charge in [-0.3, -0.25) is 4.79 Å². The van der Waals surface area contributed by atoms with Crippen LogP contribution in [0.4, 0.5) is 10.1 Å². The molecule has 7 heteroatoms. The molecule has 0 aliphatic carbocycles. The number of nitrogens with zero attached hydrogens (tertiary/aromatic N) is 1. The highest BCUT2D eigenvalue weighted by Gasteiger charge is 2.01. The monoisotopic (exact) mass is 303 g/mol. The minimum absolute atomic E-state index is 0.0372. The topological polar surface area (TPSA) is 94.0 Å². The van der Waals surface area contributed by atoms with Crippen molar-refractivity contribution in [3.05, 3.63) is 53.8 Å². The number of aromatic hydroxyl groups is 2. The first-order chi connectivity index (χ1) is 10.5. The summed E-state index contributed by atoms with van der Waals surface area (Å²) in [6, 6.07) is 9.61. The van der Waals surface area contributed by atoms with E-state index < -0.39 is 5.91 Å². The molecule has 0 aliphatic heterocycles. The number of carbonyl (C=O) groups excluding carboxylic acids is 1. The zero-order valence-corrected chi connectivity index (χ0v) is 11.5. The summed E-state index contributed by atoms with van der Waals surface area (Å²) < 4.78 is 12.7. The largest absolute Gasteiger partial charge is 0.508 e. The molecule has 0 unspecified atom stereocenters. The fourth-order valence-corrected chi connectivity index (χ4v) is 1.60. The molecule has 0 heterocycles. The quantitative estimate of drug-likeness (QED) is 0.500. The number of benzene rings is 2. The van der Waals surface area contributed by atoms with E-state index in [-0.39, 0.29) is 23.9 Å². The van der Waals surface area contributed by atoms with Gasteiger partial charge in [0.2, 0.25) is 0 Å². The summed E-state index contributed by atoms with van der Waals surface area (Å²) in [5, 5.41) is 25.2. The average Bonchev–Trinajstić information content (AvgIpc) is 2.49. The van der Waals surface area contributed by atoms with E-state index in [1.807, 2.05) is 0 Å². The molecule has 0 saturated carbocycles. The van der Waals surface area contributed by atoms with Crippen molar-refractivity contribution in [2.45, 2.75) is 0 Å². The van der Waals surface area contributed by atoms with Crippen LogP contribution in [0.1, 0.15) is 5.56 Å². The number of hydrogen-bond acceptors (Lipinski definition) is 5. The van der Waals surface area contributed by atoms with Gasteiger partial charge < -0.3 is 15.5 Å². The Morgan fingerprint density at radius 1 is 1.18 bits per heavy atom. The molecule has 0 saturated heterocycles. The van der Waals surface area contributed by atoms with Gasteiger partial charge in [0.15, 0.2) is 0 Å². The van der Waals surface area contributed by atoms with Gasteiger partial charge in [0, 0.05) is 17.3 Å². The number of phenols is 2. The molecule has 2 aromatic rings. The van der Waals surface area contributed by atoms with Gasteiger partial charge in [-0.1, -0.05) is 0 Å². The van der Waals surface area contributed by atoms with Gasteiger partial charge in [-0.05, 0) is 36.4 Å². The van der Waals surface area contributed by atoms with E-state index in [0.29, 0.717) is 11.3 Å². The second kappa shape index (κ2) is 7.07. The molecule has 6 nitrogen and oxygen atoms in total. The second-order valence-electron chi connectivity index (χ2n) is 4.40. The van der Waals surface area contributed by atoms with Crippen molar-refractivity contribution in [3.63, 3.8) is 0 Å². The van der Waals surface area contributed by atoms with Crippen LogP contribution in [-0.2, 0) is 4.79 Å². The summed E-state index contributed by atoms with van der Waals surface area (Å²) in [5.41, 5.74) is 3.23. The fourth-order valence-electron chi connectivity index (χ4n) is 1.60. The smallest absolute Gasteiger partial charge is 0.259 e. The van der Waals surface area contributed by atoms with E-state index in [0.717, 1.165) is 0 Å². The minimum Gasteiger partial charge on any atom is -0.508 e. The Labute approximate surface area is 125 Å². The molecule has 0 aromatic heterocycles. The van der Waals surface area contributed by atoms with Crippen LogP contribution in [0.5, 0.6) is 11.5 Å². The Balaban J connectivity index is 1.82. The van der Waals surface area contributed by atoms with Crippen molar-refractivity contribution < 1.29 is 19.4 Å². The lowest BCUT2D eigenvalue weighted by atomic mass is 10.2. The summed E-state index contributed by atoms with van der Waals surface area (Å²) in [4.78, 5) is 11.5. The number of hydrazone groups is 1. The lowest BCUT2D eigenvalue weighted by Gasteiger charge is -2.05. The first kappa shape index (κ1) is 15.3. The lowest BCUT2D eigenvalue weighted by Crippen LogP contribution is -2.25. The van der Waals surface area contributed by atoms with Gasteiger partial charge in [0.05, 0.1) is 12.8 Å². The number of anilines is 1. The van der Waals surface area contributed by atoms with Crippen LogP contribution in [-0.4, -0.2) is 28.9 Å². The Hall–Kier alpha value is -3.09. The zero-order chi connectivity index (χ0) is 15.9. The molecule has 4 N–H and O–H groups in total. The van der Waals surface area contributed by atoms with Gasteiger partial charge in [0.25, 0.3) is 5.91 Å². The highest BCUT2D eigenvalue weighted by Crippen LogP contribution is 2.20. The molecule has 2 rings (SSSR count). The molecule has 0 spiro atoms.